The lowest BCUT2D eigenvalue weighted by Crippen LogP contribution is -2.35. The van der Waals surface area contributed by atoms with Crippen LogP contribution in [0.3, 0.4) is 0 Å². The first kappa shape index (κ1) is 22.2. The molecule has 1 N–H and O–H groups in total. The number of rotatable bonds is 9. The highest BCUT2D eigenvalue weighted by atomic mass is 32.2. The van der Waals surface area contributed by atoms with Gasteiger partial charge in [-0.05, 0) is 70.5 Å². The molecule has 0 radical (unpaired) electrons. The summed E-state index contributed by atoms with van der Waals surface area (Å²) < 4.78 is 16.9. The molecule has 2 aliphatic carbocycles. The van der Waals surface area contributed by atoms with Crippen LogP contribution in [0, 0.1) is 5.92 Å². The number of hydrogen-bond donors (Lipinski definition) is 1. The van der Waals surface area contributed by atoms with E-state index in [1.54, 1.807) is 11.8 Å². The summed E-state index contributed by atoms with van der Waals surface area (Å²) in [5, 5.41) is 7.30. The van der Waals surface area contributed by atoms with Crippen molar-refractivity contribution in [3.05, 3.63) is 11.8 Å². The summed E-state index contributed by atoms with van der Waals surface area (Å²) in [6, 6.07) is 1.90. The smallest absolute Gasteiger partial charge is 0.242 e. The maximum atomic E-state index is 12.8. The summed E-state index contributed by atoms with van der Waals surface area (Å²) >= 11 is 1.74. The molecule has 2 heterocycles. The van der Waals surface area contributed by atoms with Gasteiger partial charge >= 0.3 is 0 Å². The number of ether oxygens (including phenoxy) is 2. The Hall–Kier alpha value is -1.05. The first-order valence-corrected chi connectivity index (χ1v) is 12.6. The van der Waals surface area contributed by atoms with E-state index in [2.05, 4.69) is 10.5 Å². The summed E-state index contributed by atoms with van der Waals surface area (Å²) in [4.78, 5) is 12.8. The third kappa shape index (κ3) is 5.22. The van der Waals surface area contributed by atoms with Gasteiger partial charge in [0.1, 0.15) is 0 Å². The maximum absolute atomic E-state index is 12.8. The van der Waals surface area contributed by atoms with E-state index in [0.29, 0.717) is 12.5 Å². The Balaban J connectivity index is 1.35. The molecule has 1 atom stereocenters. The molecular weight excluding hydrogens is 400 g/mol. The van der Waals surface area contributed by atoms with Gasteiger partial charge in [-0.1, -0.05) is 24.4 Å². The number of carbonyl (C=O) groups excluding carboxylic acids is 1. The average Bonchev–Trinajstić information content (AvgIpc) is 3.36. The van der Waals surface area contributed by atoms with Crippen molar-refractivity contribution in [1.82, 2.24) is 5.16 Å². The summed E-state index contributed by atoms with van der Waals surface area (Å²) in [6.45, 7) is 5.35. The standard InChI is InChI=1S/C23H36N2O4S/c1-22(2,30-15-17-8-7-9-17)21(26)24-19-14-18(25-29-19)23(11-4-5-12-23)16-28-20-10-3-6-13-27-20/h14,17,20H,3-13,15-16H2,1-2H3,(H,24,26). The molecule has 0 bridgehead atoms. The van der Waals surface area contributed by atoms with Gasteiger partial charge in [0.2, 0.25) is 11.8 Å². The van der Waals surface area contributed by atoms with Gasteiger partial charge in [0.25, 0.3) is 0 Å². The molecule has 30 heavy (non-hydrogen) atoms. The zero-order chi connectivity index (χ0) is 21.0. The van der Waals surface area contributed by atoms with E-state index in [9.17, 15) is 4.79 Å². The van der Waals surface area contributed by atoms with Crippen LogP contribution in [0.2, 0.25) is 0 Å². The van der Waals surface area contributed by atoms with Crippen molar-refractivity contribution in [2.45, 2.75) is 94.5 Å². The second kappa shape index (κ2) is 9.61. The molecule has 0 aromatic carbocycles. The maximum Gasteiger partial charge on any atom is 0.242 e. The minimum Gasteiger partial charge on any atom is -0.353 e. The Bertz CT molecular complexity index is 704. The van der Waals surface area contributed by atoms with Gasteiger partial charge in [0, 0.05) is 18.1 Å². The van der Waals surface area contributed by atoms with Gasteiger partial charge in [-0.2, -0.15) is 0 Å². The Labute approximate surface area is 184 Å². The molecule has 3 aliphatic rings. The van der Waals surface area contributed by atoms with Gasteiger partial charge in [-0.25, -0.2) is 0 Å². The van der Waals surface area contributed by atoms with E-state index in [1.807, 2.05) is 19.9 Å². The normalized spacial score (nSPS) is 24.5. The van der Waals surface area contributed by atoms with Crippen LogP contribution in [0.1, 0.15) is 83.7 Å². The topological polar surface area (TPSA) is 73.6 Å². The first-order valence-electron chi connectivity index (χ1n) is 11.6. The molecule has 6 nitrogen and oxygen atoms in total. The number of amides is 1. The minimum absolute atomic E-state index is 0.0261. The van der Waals surface area contributed by atoms with Crippen LogP contribution < -0.4 is 5.32 Å². The summed E-state index contributed by atoms with van der Waals surface area (Å²) in [5.74, 6) is 2.23. The van der Waals surface area contributed by atoms with Crippen LogP contribution in [0.4, 0.5) is 5.88 Å². The van der Waals surface area contributed by atoms with E-state index in [-0.39, 0.29) is 17.6 Å². The highest BCUT2D eigenvalue weighted by molar-refractivity contribution is 8.01. The van der Waals surface area contributed by atoms with Crippen molar-refractivity contribution < 1.29 is 18.8 Å². The van der Waals surface area contributed by atoms with Crippen LogP contribution in [0.5, 0.6) is 0 Å². The highest BCUT2D eigenvalue weighted by Crippen LogP contribution is 2.42. The quantitative estimate of drug-likeness (QED) is 0.568. The second-order valence-corrected chi connectivity index (χ2v) is 11.4. The van der Waals surface area contributed by atoms with Crippen LogP contribution in [-0.2, 0) is 19.7 Å². The van der Waals surface area contributed by atoms with Crippen LogP contribution >= 0.6 is 11.8 Å². The predicted octanol–water partition coefficient (Wildman–Crippen LogP) is 5.28. The first-order chi connectivity index (χ1) is 14.5. The lowest BCUT2D eigenvalue weighted by molar-refractivity contribution is -0.172. The third-order valence-electron chi connectivity index (χ3n) is 6.99. The Kier molecular flexibility index (Phi) is 7.10. The Morgan fingerprint density at radius 3 is 2.70 bits per heavy atom. The van der Waals surface area contributed by atoms with Gasteiger partial charge < -0.3 is 14.0 Å². The minimum atomic E-state index is -0.491. The molecule has 2 saturated carbocycles. The van der Waals surface area contributed by atoms with Gasteiger partial charge in [0.05, 0.1) is 17.0 Å². The zero-order valence-electron chi connectivity index (χ0n) is 18.4. The van der Waals surface area contributed by atoms with E-state index < -0.39 is 4.75 Å². The van der Waals surface area contributed by atoms with E-state index >= 15 is 0 Å². The molecule has 1 amide bonds. The number of carbonyl (C=O) groups is 1. The zero-order valence-corrected chi connectivity index (χ0v) is 19.2. The largest absolute Gasteiger partial charge is 0.353 e. The predicted molar refractivity (Wildman–Crippen MR) is 119 cm³/mol. The molecule has 1 aromatic rings. The molecular formula is C23H36N2O4S. The molecule has 168 valence electrons. The molecule has 1 unspecified atom stereocenters. The van der Waals surface area contributed by atoms with Crippen molar-refractivity contribution in [2.24, 2.45) is 5.92 Å². The van der Waals surface area contributed by atoms with Crippen molar-refractivity contribution >= 4 is 23.6 Å². The third-order valence-corrected chi connectivity index (χ3v) is 8.53. The number of hydrogen-bond acceptors (Lipinski definition) is 6. The molecule has 1 aliphatic heterocycles. The molecule has 3 fully saturated rings. The summed E-state index contributed by atoms with van der Waals surface area (Å²) in [5.41, 5.74) is 0.757. The number of aromatic nitrogens is 1. The van der Waals surface area contributed by atoms with Gasteiger partial charge in [-0.3, -0.25) is 10.1 Å². The van der Waals surface area contributed by atoms with Crippen molar-refractivity contribution in [1.29, 1.82) is 0 Å². The lowest BCUT2D eigenvalue weighted by Gasteiger charge is -2.30. The molecule has 1 saturated heterocycles. The molecule has 0 spiro atoms. The van der Waals surface area contributed by atoms with Crippen LogP contribution in [0.25, 0.3) is 0 Å². The Morgan fingerprint density at radius 2 is 2.03 bits per heavy atom. The van der Waals surface area contributed by atoms with Gasteiger partial charge in [-0.15, -0.1) is 11.8 Å². The average molecular weight is 437 g/mol. The number of anilines is 1. The van der Waals surface area contributed by atoms with E-state index in [1.165, 1.54) is 19.3 Å². The fraction of sp³-hybridized carbons (Fsp3) is 0.826. The van der Waals surface area contributed by atoms with Crippen molar-refractivity contribution in [2.75, 3.05) is 24.3 Å². The highest BCUT2D eigenvalue weighted by Gasteiger charge is 2.40. The SMILES string of the molecule is CC(C)(SCC1CCC1)C(=O)Nc1cc(C2(COC3CCCCO3)CCCC2)no1. The molecule has 7 heteroatoms. The van der Waals surface area contributed by atoms with Crippen molar-refractivity contribution in [3.63, 3.8) is 0 Å². The number of nitrogens with one attached hydrogen (secondary N) is 1. The fourth-order valence-corrected chi connectivity index (χ4v) is 5.69. The van der Waals surface area contributed by atoms with Crippen molar-refractivity contribution in [3.8, 4) is 0 Å². The lowest BCUT2D eigenvalue weighted by atomic mass is 9.83. The Morgan fingerprint density at radius 1 is 1.23 bits per heavy atom. The van der Waals surface area contributed by atoms with Crippen LogP contribution in [-0.4, -0.2) is 41.1 Å². The second-order valence-electron chi connectivity index (χ2n) is 9.74. The number of nitrogens with zero attached hydrogens (tertiary/aromatic N) is 1. The number of thioether (sulfide) groups is 1. The molecule has 1 aromatic heterocycles. The van der Waals surface area contributed by atoms with E-state index in [4.69, 9.17) is 14.0 Å². The molecule has 4 rings (SSSR count). The summed E-state index contributed by atoms with van der Waals surface area (Å²) in [6.07, 6.45) is 11.4. The summed E-state index contributed by atoms with van der Waals surface area (Å²) in [7, 11) is 0. The van der Waals surface area contributed by atoms with Crippen LogP contribution in [0.15, 0.2) is 10.6 Å². The fourth-order valence-electron chi connectivity index (χ4n) is 4.52. The van der Waals surface area contributed by atoms with E-state index in [0.717, 1.165) is 68.9 Å². The monoisotopic (exact) mass is 436 g/mol. The van der Waals surface area contributed by atoms with Gasteiger partial charge in [0.15, 0.2) is 6.29 Å².